The van der Waals surface area contributed by atoms with Crippen molar-refractivity contribution in [3.63, 3.8) is 0 Å². The van der Waals surface area contributed by atoms with Crippen molar-refractivity contribution in [3.8, 4) is 0 Å². The molecule has 0 bridgehead atoms. The molecule has 1 N–H and O–H groups in total. The summed E-state index contributed by atoms with van der Waals surface area (Å²) in [5.41, 5.74) is 0. The first-order chi connectivity index (χ1) is 6.91. The molecule has 0 spiro atoms. The SMILES string of the molecule is CC(C)C(=O)N1CC(O)CC1CN(C)C. The van der Waals surface area contributed by atoms with Crippen molar-refractivity contribution in [2.24, 2.45) is 5.92 Å². The quantitative estimate of drug-likeness (QED) is 0.728. The fourth-order valence-electron chi connectivity index (χ4n) is 2.09. The lowest BCUT2D eigenvalue weighted by molar-refractivity contribution is -0.135. The van der Waals surface area contributed by atoms with Gasteiger partial charge in [0, 0.05) is 25.0 Å². The number of carbonyl (C=O) groups is 1. The van der Waals surface area contributed by atoms with Gasteiger partial charge in [-0.2, -0.15) is 0 Å². The highest BCUT2D eigenvalue weighted by atomic mass is 16.3. The fraction of sp³-hybridized carbons (Fsp3) is 0.909. The van der Waals surface area contributed by atoms with Crippen LogP contribution in [0.25, 0.3) is 0 Å². The van der Waals surface area contributed by atoms with Crippen LogP contribution in [0.1, 0.15) is 20.3 Å². The molecular weight excluding hydrogens is 192 g/mol. The van der Waals surface area contributed by atoms with E-state index in [1.165, 1.54) is 0 Å². The van der Waals surface area contributed by atoms with E-state index in [4.69, 9.17) is 0 Å². The van der Waals surface area contributed by atoms with Crippen LogP contribution in [0.2, 0.25) is 0 Å². The van der Waals surface area contributed by atoms with Gasteiger partial charge in [-0.25, -0.2) is 0 Å². The van der Waals surface area contributed by atoms with Crippen LogP contribution in [0.15, 0.2) is 0 Å². The standard InChI is InChI=1S/C11H22N2O2/c1-8(2)11(15)13-7-10(14)5-9(13)6-12(3)4/h8-10,14H,5-7H2,1-4H3. The Morgan fingerprint density at radius 2 is 2.13 bits per heavy atom. The first-order valence-electron chi connectivity index (χ1n) is 5.55. The molecule has 1 heterocycles. The van der Waals surface area contributed by atoms with E-state index in [1.54, 1.807) is 0 Å². The van der Waals surface area contributed by atoms with Gasteiger partial charge >= 0.3 is 0 Å². The minimum atomic E-state index is -0.349. The molecule has 1 amide bonds. The number of likely N-dealkylation sites (tertiary alicyclic amines) is 1. The predicted molar refractivity (Wildman–Crippen MR) is 59.5 cm³/mol. The topological polar surface area (TPSA) is 43.8 Å². The smallest absolute Gasteiger partial charge is 0.225 e. The first kappa shape index (κ1) is 12.5. The van der Waals surface area contributed by atoms with Crippen molar-refractivity contribution in [1.29, 1.82) is 0 Å². The molecule has 0 aromatic heterocycles. The van der Waals surface area contributed by atoms with E-state index in [2.05, 4.69) is 4.90 Å². The summed E-state index contributed by atoms with van der Waals surface area (Å²) in [6.07, 6.45) is 0.356. The molecule has 4 heteroatoms. The van der Waals surface area contributed by atoms with Crippen molar-refractivity contribution in [3.05, 3.63) is 0 Å². The zero-order chi connectivity index (χ0) is 11.6. The maximum Gasteiger partial charge on any atom is 0.225 e. The zero-order valence-corrected chi connectivity index (χ0v) is 10.1. The van der Waals surface area contributed by atoms with Gasteiger partial charge in [-0.3, -0.25) is 4.79 Å². The molecule has 0 aliphatic carbocycles. The third kappa shape index (κ3) is 3.18. The third-order valence-electron chi connectivity index (χ3n) is 2.75. The Morgan fingerprint density at radius 3 is 2.60 bits per heavy atom. The summed E-state index contributed by atoms with van der Waals surface area (Å²) in [4.78, 5) is 15.8. The number of nitrogens with zero attached hydrogens (tertiary/aromatic N) is 2. The molecule has 0 aromatic carbocycles. The number of hydrogen-bond donors (Lipinski definition) is 1. The van der Waals surface area contributed by atoms with Crippen LogP contribution in [0.5, 0.6) is 0 Å². The van der Waals surface area contributed by atoms with Gasteiger partial charge < -0.3 is 14.9 Å². The molecule has 1 aliphatic heterocycles. The minimum absolute atomic E-state index is 0.0139. The Morgan fingerprint density at radius 1 is 1.53 bits per heavy atom. The van der Waals surface area contributed by atoms with Gasteiger partial charge in [0.1, 0.15) is 0 Å². The monoisotopic (exact) mass is 214 g/mol. The summed E-state index contributed by atoms with van der Waals surface area (Å²) >= 11 is 0. The van der Waals surface area contributed by atoms with Crippen LogP contribution in [0.4, 0.5) is 0 Å². The summed E-state index contributed by atoms with van der Waals surface area (Å²) in [7, 11) is 3.98. The summed E-state index contributed by atoms with van der Waals surface area (Å²) in [5, 5.41) is 9.60. The molecule has 88 valence electrons. The van der Waals surface area contributed by atoms with Crippen LogP contribution in [-0.4, -0.2) is 60.1 Å². The molecule has 1 aliphatic rings. The van der Waals surface area contributed by atoms with Crippen molar-refractivity contribution in [1.82, 2.24) is 9.80 Å². The minimum Gasteiger partial charge on any atom is -0.391 e. The zero-order valence-electron chi connectivity index (χ0n) is 10.1. The van der Waals surface area contributed by atoms with Gasteiger partial charge in [0.2, 0.25) is 5.91 Å². The van der Waals surface area contributed by atoms with Crippen molar-refractivity contribution < 1.29 is 9.90 Å². The molecule has 1 fully saturated rings. The second-order valence-corrected chi connectivity index (χ2v) is 4.95. The van der Waals surface area contributed by atoms with E-state index < -0.39 is 0 Å². The molecule has 15 heavy (non-hydrogen) atoms. The maximum absolute atomic E-state index is 11.9. The molecule has 4 nitrogen and oxygen atoms in total. The number of rotatable bonds is 3. The lowest BCUT2D eigenvalue weighted by Crippen LogP contribution is -2.43. The number of hydrogen-bond acceptors (Lipinski definition) is 3. The van der Waals surface area contributed by atoms with Crippen LogP contribution < -0.4 is 0 Å². The van der Waals surface area contributed by atoms with E-state index >= 15 is 0 Å². The van der Waals surface area contributed by atoms with E-state index in [-0.39, 0.29) is 24.0 Å². The van der Waals surface area contributed by atoms with E-state index in [1.807, 2.05) is 32.8 Å². The molecule has 1 saturated heterocycles. The number of aliphatic hydroxyl groups excluding tert-OH is 1. The largest absolute Gasteiger partial charge is 0.391 e. The Bertz CT molecular complexity index is 229. The number of likely N-dealkylation sites (N-methyl/N-ethyl adjacent to an activating group) is 1. The van der Waals surface area contributed by atoms with E-state index in [0.717, 1.165) is 6.54 Å². The average molecular weight is 214 g/mol. The van der Waals surface area contributed by atoms with Crippen molar-refractivity contribution in [2.45, 2.75) is 32.4 Å². The number of aliphatic hydroxyl groups is 1. The first-order valence-corrected chi connectivity index (χ1v) is 5.55. The molecule has 0 saturated carbocycles. The van der Waals surface area contributed by atoms with Gasteiger partial charge in [0.05, 0.1) is 6.10 Å². The molecule has 0 radical (unpaired) electrons. The average Bonchev–Trinajstić information content (AvgIpc) is 2.44. The Kier molecular flexibility index (Phi) is 4.11. The van der Waals surface area contributed by atoms with E-state index in [0.29, 0.717) is 13.0 Å². The second-order valence-electron chi connectivity index (χ2n) is 4.95. The normalized spacial score (nSPS) is 26.7. The fourth-order valence-corrected chi connectivity index (χ4v) is 2.09. The van der Waals surface area contributed by atoms with Crippen molar-refractivity contribution in [2.75, 3.05) is 27.2 Å². The molecular formula is C11H22N2O2. The number of carbonyl (C=O) groups excluding carboxylic acids is 1. The van der Waals surface area contributed by atoms with Crippen LogP contribution in [0, 0.1) is 5.92 Å². The third-order valence-corrected chi connectivity index (χ3v) is 2.75. The van der Waals surface area contributed by atoms with Crippen LogP contribution in [0.3, 0.4) is 0 Å². The lowest BCUT2D eigenvalue weighted by atomic mass is 10.1. The predicted octanol–water partition coefficient (Wildman–Crippen LogP) is 0.166. The summed E-state index contributed by atoms with van der Waals surface area (Å²) in [5.74, 6) is 0.165. The highest BCUT2D eigenvalue weighted by molar-refractivity contribution is 5.78. The van der Waals surface area contributed by atoms with Crippen molar-refractivity contribution >= 4 is 5.91 Å². The van der Waals surface area contributed by atoms with Gasteiger partial charge in [-0.15, -0.1) is 0 Å². The molecule has 2 atom stereocenters. The van der Waals surface area contributed by atoms with Gasteiger partial charge in [0.15, 0.2) is 0 Å². The Hall–Kier alpha value is -0.610. The number of β-amino-alcohol motifs (C(OH)–C–C–N with tert-alkyl or cyclic N) is 1. The Balaban J connectivity index is 2.64. The Labute approximate surface area is 91.9 Å². The van der Waals surface area contributed by atoms with E-state index in [9.17, 15) is 9.90 Å². The lowest BCUT2D eigenvalue weighted by Gasteiger charge is -2.28. The van der Waals surface area contributed by atoms with Gasteiger partial charge in [-0.05, 0) is 20.5 Å². The van der Waals surface area contributed by atoms with Gasteiger partial charge in [-0.1, -0.05) is 13.8 Å². The summed E-state index contributed by atoms with van der Waals surface area (Å²) < 4.78 is 0. The van der Waals surface area contributed by atoms with Gasteiger partial charge in [0.25, 0.3) is 0 Å². The summed E-state index contributed by atoms with van der Waals surface area (Å²) in [6.45, 7) is 5.13. The molecule has 1 rings (SSSR count). The molecule has 0 aromatic rings. The van der Waals surface area contributed by atoms with Crippen LogP contribution in [-0.2, 0) is 4.79 Å². The highest BCUT2D eigenvalue weighted by Crippen LogP contribution is 2.20. The summed E-state index contributed by atoms with van der Waals surface area (Å²) in [6, 6.07) is 0.171. The maximum atomic E-state index is 11.9. The number of amides is 1. The van der Waals surface area contributed by atoms with Crippen LogP contribution >= 0.6 is 0 Å². The molecule has 2 unspecified atom stereocenters. The highest BCUT2D eigenvalue weighted by Gasteiger charge is 2.35. The second kappa shape index (κ2) is 4.94.